The smallest absolute Gasteiger partial charge is 0.122 e. The number of benzene rings is 2. The highest BCUT2D eigenvalue weighted by atomic mass is 79.9. The van der Waals surface area contributed by atoms with E-state index in [1.54, 1.807) is 0 Å². The lowest BCUT2D eigenvalue weighted by Gasteiger charge is -2.20. The molecule has 1 unspecified atom stereocenters. The number of hydrogen-bond donors (Lipinski definition) is 0. The van der Waals surface area contributed by atoms with Gasteiger partial charge in [-0.15, -0.1) is 0 Å². The molecule has 134 valence electrons. The molecule has 2 aromatic carbocycles. The highest BCUT2D eigenvalue weighted by Crippen LogP contribution is 2.34. The Morgan fingerprint density at radius 3 is 2.36 bits per heavy atom. The van der Waals surface area contributed by atoms with Crippen LogP contribution < -0.4 is 9.47 Å². The van der Waals surface area contributed by atoms with Crippen molar-refractivity contribution in [3.8, 4) is 11.5 Å². The van der Waals surface area contributed by atoms with E-state index < -0.39 is 0 Å². The Bertz CT molecular complexity index is 704. The largest absolute Gasteiger partial charge is 0.494 e. The average molecular weight is 468 g/mol. The second-order valence-corrected chi connectivity index (χ2v) is 8.51. The maximum absolute atomic E-state index is 5.91. The molecule has 4 heteroatoms. The average Bonchev–Trinajstić information content (AvgIpc) is 2.60. The summed E-state index contributed by atoms with van der Waals surface area (Å²) in [4.78, 5) is 0. The third-order valence-electron chi connectivity index (χ3n) is 4.18. The van der Waals surface area contributed by atoms with E-state index >= 15 is 0 Å². The summed E-state index contributed by atoms with van der Waals surface area (Å²) in [5.74, 6) is 2.19. The molecule has 0 aromatic heterocycles. The van der Waals surface area contributed by atoms with Crippen molar-refractivity contribution in [3.05, 3.63) is 68.6 Å². The molecular weight excluding hydrogens is 444 g/mol. The van der Waals surface area contributed by atoms with E-state index in [2.05, 4.69) is 82.1 Å². The van der Waals surface area contributed by atoms with Crippen LogP contribution in [0.1, 0.15) is 42.9 Å². The van der Waals surface area contributed by atoms with E-state index in [0.717, 1.165) is 21.3 Å². The molecular formula is C21H24Br2O2. The van der Waals surface area contributed by atoms with Crippen molar-refractivity contribution < 1.29 is 9.47 Å². The minimum atomic E-state index is 0.345. The minimum absolute atomic E-state index is 0.345. The van der Waals surface area contributed by atoms with Gasteiger partial charge in [0.05, 0.1) is 10.00 Å². The van der Waals surface area contributed by atoms with E-state index in [4.69, 9.17) is 9.47 Å². The van der Waals surface area contributed by atoms with Crippen LogP contribution >= 0.6 is 31.9 Å². The summed E-state index contributed by atoms with van der Waals surface area (Å²) in [5, 5.41) is 0. The fourth-order valence-corrected chi connectivity index (χ4v) is 3.22. The molecule has 0 spiro atoms. The van der Waals surface area contributed by atoms with Crippen molar-refractivity contribution in [2.24, 2.45) is 0 Å². The topological polar surface area (TPSA) is 18.5 Å². The molecule has 2 rings (SSSR count). The Morgan fingerprint density at radius 2 is 1.76 bits per heavy atom. The lowest BCUT2D eigenvalue weighted by molar-refractivity contribution is 0.340. The van der Waals surface area contributed by atoms with Crippen molar-refractivity contribution in [2.75, 3.05) is 13.2 Å². The van der Waals surface area contributed by atoms with E-state index in [1.807, 2.05) is 19.1 Å². The van der Waals surface area contributed by atoms with Crippen LogP contribution in [0.2, 0.25) is 0 Å². The quantitative estimate of drug-likeness (QED) is 0.418. The SMILES string of the molecule is CCOc1ccc(C(CC)c2cccc(OCC=C(Br)Br)c2C)cc1. The fraction of sp³-hybridized carbons (Fsp3) is 0.333. The van der Waals surface area contributed by atoms with Crippen LogP contribution in [0.25, 0.3) is 0 Å². The zero-order valence-electron chi connectivity index (χ0n) is 14.9. The Morgan fingerprint density at radius 1 is 1.04 bits per heavy atom. The Labute approximate surface area is 167 Å². The van der Waals surface area contributed by atoms with Crippen LogP contribution in [0.4, 0.5) is 0 Å². The number of hydrogen-bond acceptors (Lipinski definition) is 2. The zero-order valence-corrected chi connectivity index (χ0v) is 18.1. The van der Waals surface area contributed by atoms with Gasteiger partial charge in [-0.3, -0.25) is 0 Å². The normalized spacial score (nSPS) is 11.7. The van der Waals surface area contributed by atoms with Crippen LogP contribution in [-0.2, 0) is 0 Å². The molecule has 0 aliphatic rings. The Hall–Kier alpha value is -1.26. The van der Waals surface area contributed by atoms with Crippen molar-refractivity contribution in [2.45, 2.75) is 33.1 Å². The van der Waals surface area contributed by atoms with E-state index in [9.17, 15) is 0 Å². The summed E-state index contributed by atoms with van der Waals surface area (Å²) in [5.41, 5.74) is 3.81. The number of rotatable bonds is 8. The molecule has 0 aliphatic carbocycles. The molecule has 0 saturated carbocycles. The molecule has 25 heavy (non-hydrogen) atoms. The Kier molecular flexibility index (Phi) is 8.04. The van der Waals surface area contributed by atoms with Gasteiger partial charge in [0.2, 0.25) is 0 Å². The highest BCUT2D eigenvalue weighted by Gasteiger charge is 2.16. The molecule has 0 saturated heterocycles. The van der Waals surface area contributed by atoms with Gasteiger partial charge in [0.1, 0.15) is 18.1 Å². The van der Waals surface area contributed by atoms with Crippen molar-refractivity contribution in [3.63, 3.8) is 0 Å². The van der Waals surface area contributed by atoms with E-state index in [1.165, 1.54) is 16.7 Å². The van der Waals surface area contributed by atoms with E-state index in [-0.39, 0.29) is 0 Å². The first kappa shape index (κ1) is 20.1. The molecule has 0 radical (unpaired) electrons. The van der Waals surface area contributed by atoms with Gasteiger partial charge in [-0.25, -0.2) is 0 Å². The van der Waals surface area contributed by atoms with Crippen molar-refractivity contribution >= 4 is 31.9 Å². The maximum Gasteiger partial charge on any atom is 0.122 e. The van der Waals surface area contributed by atoms with E-state index in [0.29, 0.717) is 19.1 Å². The van der Waals surface area contributed by atoms with Crippen LogP contribution in [0.3, 0.4) is 0 Å². The second-order valence-electron chi connectivity index (χ2n) is 5.74. The van der Waals surface area contributed by atoms with Crippen molar-refractivity contribution in [1.82, 2.24) is 0 Å². The lowest BCUT2D eigenvalue weighted by atomic mass is 9.86. The van der Waals surface area contributed by atoms with Gasteiger partial charge < -0.3 is 9.47 Å². The predicted molar refractivity (Wildman–Crippen MR) is 112 cm³/mol. The lowest BCUT2D eigenvalue weighted by Crippen LogP contribution is -2.05. The molecule has 1 atom stereocenters. The molecule has 2 nitrogen and oxygen atoms in total. The van der Waals surface area contributed by atoms with Crippen LogP contribution in [0, 0.1) is 6.92 Å². The summed E-state index contributed by atoms with van der Waals surface area (Å²) in [6.45, 7) is 7.57. The van der Waals surface area contributed by atoms with Crippen LogP contribution in [-0.4, -0.2) is 13.2 Å². The van der Waals surface area contributed by atoms with Crippen molar-refractivity contribution in [1.29, 1.82) is 0 Å². The molecule has 0 aliphatic heterocycles. The van der Waals surface area contributed by atoms with Gasteiger partial charge in [0.25, 0.3) is 0 Å². The van der Waals surface area contributed by atoms with Crippen LogP contribution in [0.5, 0.6) is 11.5 Å². The molecule has 0 N–H and O–H groups in total. The summed E-state index contributed by atoms with van der Waals surface area (Å²) in [6.07, 6.45) is 2.97. The Balaban J connectivity index is 2.26. The van der Waals surface area contributed by atoms with Gasteiger partial charge in [0.15, 0.2) is 0 Å². The standard InChI is InChI=1S/C21H24Br2O2/c1-4-18(16-9-11-17(12-10-16)24-5-2)19-7-6-8-20(15(19)3)25-14-13-21(22)23/h6-13,18H,4-5,14H2,1-3H3. The molecule has 0 heterocycles. The van der Waals surface area contributed by atoms with Gasteiger partial charge >= 0.3 is 0 Å². The highest BCUT2D eigenvalue weighted by molar-refractivity contribution is 9.28. The molecule has 2 aromatic rings. The predicted octanol–water partition coefficient (Wildman–Crippen LogP) is 6.95. The van der Waals surface area contributed by atoms with Gasteiger partial charge in [-0.2, -0.15) is 0 Å². The number of ether oxygens (including phenoxy) is 2. The minimum Gasteiger partial charge on any atom is -0.494 e. The number of halogens is 2. The fourth-order valence-electron chi connectivity index (χ4n) is 2.96. The third-order valence-corrected chi connectivity index (χ3v) is 4.83. The first-order chi connectivity index (χ1) is 12.1. The summed E-state index contributed by atoms with van der Waals surface area (Å²) >= 11 is 6.70. The third kappa shape index (κ3) is 5.61. The first-order valence-electron chi connectivity index (χ1n) is 8.53. The van der Waals surface area contributed by atoms with Gasteiger partial charge in [-0.05, 0) is 93.1 Å². The first-order valence-corrected chi connectivity index (χ1v) is 10.1. The monoisotopic (exact) mass is 466 g/mol. The van der Waals surface area contributed by atoms with Gasteiger partial charge in [-0.1, -0.05) is 31.2 Å². The molecule has 0 fully saturated rings. The maximum atomic E-state index is 5.91. The summed E-state index contributed by atoms with van der Waals surface area (Å²) < 4.78 is 12.4. The van der Waals surface area contributed by atoms with Gasteiger partial charge in [0, 0.05) is 5.92 Å². The molecule has 0 amide bonds. The van der Waals surface area contributed by atoms with Crippen LogP contribution in [0.15, 0.2) is 51.9 Å². The zero-order chi connectivity index (χ0) is 18.2. The molecule has 0 bridgehead atoms. The second kappa shape index (κ2) is 10.0. The summed E-state index contributed by atoms with van der Waals surface area (Å²) in [7, 11) is 0. The summed E-state index contributed by atoms with van der Waals surface area (Å²) in [6, 6.07) is 14.7.